The normalized spacial score (nSPS) is 14.3. The van der Waals surface area contributed by atoms with E-state index in [1.165, 1.54) is 13.8 Å². The third-order valence-electron chi connectivity index (χ3n) is 2.69. The summed E-state index contributed by atoms with van der Waals surface area (Å²) >= 11 is 0. The summed E-state index contributed by atoms with van der Waals surface area (Å²) in [7, 11) is 0. The van der Waals surface area contributed by atoms with E-state index in [9.17, 15) is 19.2 Å². The molecule has 3 unspecified atom stereocenters. The third kappa shape index (κ3) is 9.09. The van der Waals surface area contributed by atoms with Crippen LogP contribution in [0.25, 0.3) is 0 Å². The molecule has 0 aliphatic heterocycles. The highest BCUT2D eigenvalue weighted by Gasteiger charge is 2.39. The molecule has 0 saturated carbocycles. The zero-order valence-corrected chi connectivity index (χ0v) is 14.7. The highest BCUT2D eigenvalue weighted by Crippen LogP contribution is 2.21. The van der Waals surface area contributed by atoms with Crippen molar-refractivity contribution in [2.45, 2.75) is 59.9 Å². The first-order valence-corrected chi connectivity index (χ1v) is 7.36. The number of hydrogen-bond donors (Lipinski definition) is 0. The Morgan fingerprint density at radius 1 is 0.750 bits per heavy atom. The first-order valence-electron chi connectivity index (χ1n) is 7.36. The van der Waals surface area contributed by atoms with Crippen molar-refractivity contribution in [3.05, 3.63) is 0 Å². The topological polar surface area (TPSA) is 114 Å². The lowest BCUT2D eigenvalue weighted by molar-refractivity contribution is -0.322. The number of hydrogen-bond acceptors (Lipinski definition) is 9. The van der Waals surface area contributed by atoms with Gasteiger partial charge in [-0.3, -0.25) is 19.3 Å². The maximum Gasteiger partial charge on any atom is 0.339 e. The molecule has 0 aliphatic carbocycles. The minimum Gasteiger partial charge on any atom is -0.463 e. The highest BCUT2D eigenvalue weighted by molar-refractivity contribution is 5.68. The van der Waals surface area contributed by atoms with E-state index >= 15 is 0 Å². The van der Waals surface area contributed by atoms with Crippen molar-refractivity contribution < 1.29 is 43.2 Å². The number of ether oxygens (including phenoxy) is 3. The van der Waals surface area contributed by atoms with Gasteiger partial charge in [-0.25, -0.2) is 4.79 Å². The Labute approximate surface area is 140 Å². The van der Waals surface area contributed by atoms with Crippen molar-refractivity contribution >= 4 is 23.9 Å². The van der Waals surface area contributed by atoms with Gasteiger partial charge in [0, 0.05) is 27.7 Å². The van der Waals surface area contributed by atoms with Crippen LogP contribution in [0.15, 0.2) is 0 Å². The first-order chi connectivity index (χ1) is 11.0. The summed E-state index contributed by atoms with van der Waals surface area (Å²) in [5.41, 5.74) is 0. The molecular weight excluding hydrogens is 324 g/mol. The fraction of sp³-hybridized carbons (Fsp3) is 0.733. The van der Waals surface area contributed by atoms with E-state index < -0.39 is 42.2 Å². The van der Waals surface area contributed by atoms with E-state index in [2.05, 4.69) is 4.89 Å². The quantitative estimate of drug-likeness (QED) is 0.260. The fourth-order valence-electron chi connectivity index (χ4n) is 1.83. The van der Waals surface area contributed by atoms with E-state index in [1.807, 2.05) is 0 Å². The van der Waals surface area contributed by atoms with Gasteiger partial charge in [-0.2, -0.15) is 4.89 Å². The molecule has 138 valence electrons. The molecule has 0 aromatic carbocycles. The Morgan fingerprint density at radius 3 is 1.62 bits per heavy atom. The van der Waals surface area contributed by atoms with Crippen LogP contribution in [0, 0.1) is 5.92 Å². The van der Waals surface area contributed by atoms with Crippen LogP contribution in [0.1, 0.15) is 41.5 Å². The Hall–Kier alpha value is -2.16. The van der Waals surface area contributed by atoms with Crippen molar-refractivity contribution in [1.82, 2.24) is 0 Å². The lowest BCUT2D eigenvalue weighted by atomic mass is 9.97. The van der Waals surface area contributed by atoms with Gasteiger partial charge in [0.1, 0.15) is 12.7 Å². The van der Waals surface area contributed by atoms with Crippen LogP contribution in [0.2, 0.25) is 0 Å². The average molecular weight is 348 g/mol. The molecule has 0 heterocycles. The van der Waals surface area contributed by atoms with Crippen LogP contribution >= 0.6 is 0 Å². The minimum atomic E-state index is -1.17. The van der Waals surface area contributed by atoms with Crippen molar-refractivity contribution in [1.29, 1.82) is 0 Å². The highest BCUT2D eigenvalue weighted by atomic mass is 17.2. The van der Waals surface area contributed by atoms with E-state index in [0.29, 0.717) is 0 Å². The molecule has 0 spiro atoms. The van der Waals surface area contributed by atoms with Gasteiger partial charge in [-0.15, -0.1) is 0 Å². The van der Waals surface area contributed by atoms with Gasteiger partial charge in [0.2, 0.25) is 0 Å². The summed E-state index contributed by atoms with van der Waals surface area (Å²) in [6.07, 6.45) is -3.22. The van der Waals surface area contributed by atoms with Gasteiger partial charge in [0.25, 0.3) is 0 Å². The predicted molar refractivity (Wildman–Crippen MR) is 79.2 cm³/mol. The molecule has 0 radical (unpaired) electrons. The zero-order chi connectivity index (χ0) is 18.9. The summed E-state index contributed by atoms with van der Waals surface area (Å²) in [6, 6.07) is 0. The molecular formula is C15H24O9. The van der Waals surface area contributed by atoms with Gasteiger partial charge in [-0.05, 0) is 5.92 Å². The zero-order valence-electron chi connectivity index (χ0n) is 14.7. The molecule has 9 nitrogen and oxygen atoms in total. The predicted octanol–water partition coefficient (Wildman–Crippen LogP) is 0.932. The van der Waals surface area contributed by atoms with Gasteiger partial charge in [-0.1, -0.05) is 13.8 Å². The third-order valence-corrected chi connectivity index (χ3v) is 2.69. The maximum absolute atomic E-state index is 11.4. The van der Waals surface area contributed by atoms with Gasteiger partial charge in [0.05, 0.1) is 0 Å². The number of carbonyl (C=O) groups excluding carboxylic acids is 4. The monoisotopic (exact) mass is 348 g/mol. The van der Waals surface area contributed by atoms with Crippen molar-refractivity contribution in [3.63, 3.8) is 0 Å². The van der Waals surface area contributed by atoms with E-state index in [-0.39, 0.29) is 12.5 Å². The summed E-state index contributed by atoms with van der Waals surface area (Å²) in [5, 5.41) is 0. The summed E-state index contributed by atoms with van der Waals surface area (Å²) in [4.78, 5) is 54.1. The Kier molecular flexibility index (Phi) is 9.63. The van der Waals surface area contributed by atoms with E-state index in [4.69, 9.17) is 19.1 Å². The molecule has 0 aromatic heterocycles. The smallest absolute Gasteiger partial charge is 0.339 e. The first kappa shape index (κ1) is 21.8. The van der Waals surface area contributed by atoms with Crippen molar-refractivity contribution in [2.75, 3.05) is 6.61 Å². The molecule has 0 rings (SSSR count). The Bertz CT molecular complexity index is 440. The van der Waals surface area contributed by atoms with Crippen LogP contribution in [0.3, 0.4) is 0 Å². The summed E-state index contributed by atoms with van der Waals surface area (Å²) < 4.78 is 15.2. The Balaban J connectivity index is 5.49. The summed E-state index contributed by atoms with van der Waals surface area (Å²) in [5.74, 6) is -2.89. The molecule has 0 saturated heterocycles. The van der Waals surface area contributed by atoms with Crippen LogP contribution in [0.4, 0.5) is 0 Å². The van der Waals surface area contributed by atoms with Gasteiger partial charge in [0.15, 0.2) is 12.2 Å². The maximum atomic E-state index is 11.4. The molecule has 24 heavy (non-hydrogen) atoms. The molecule has 3 atom stereocenters. The van der Waals surface area contributed by atoms with Crippen LogP contribution in [-0.4, -0.2) is 48.8 Å². The SMILES string of the molecule is CC(=O)OCC(OOC(C)=O)C(OC(C)=O)C(OC(C)=O)C(C)C. The second-order valence-corrected chi connectivity index (χ2v) is 5.40. The molecule has 9 heteroatoms. The van der Waals surface area contributed by atoms with Crippen LogP contribution in [0.5, 0.6) is 0 Å². The van der Waals surface area contributed by atoms with Crippen LogP contribution in [-0.2, 0) is 43.2 Å². The number of carbonyl (C=O) groups is 4. The van der Waals surface area contributed by atoms with Crippen molar-refractivity contribution in [3.8, 4) is 0 Å². The van der Waals surface area contributed by atoms with Crippen molar-refractivity contribution in [2.24, 2.45) is 5.92 Å². The average Bonchev–Trinajstić information content (AvgIpc) is 2.41. The lowest BCUT2D eigenvalue weighted by Crippen LogP contribution is -2.49. The number of esters is 3. The number of rotatable bonds is 9. The van der Waals surface area contributed by atoms with E-state index in [1.54, 1.807) is 13.8 Å². The molecule has 0 fully saturated rings. The standard InChI is InChI=1S/C15H24O9/c1-8(2)14(21-10(4)17)15(22-11(5)18)13(7-20-9(3)16)24-23-12(6)19/h8,13-15H,7H2,1-6H3. The fourth-order valence-corrected chi connectivity index (χ4v) is 1.83. The second-order valence-electron chi connectivity index (χ2n) is 5.40. The van der Waals surface area contributed by atoms with Gasteiger partial charge < -0.3 is 14.2 Å². The summed E-state index contributed by atoms with van der Waals surface area (Å²) in [6.45, 7) is 7.75. The molecule has 0 amide bonds. The van der Waals surface area contributed by atoms with Crippen LogP contribution < -0.4 is 0 Å². The van der Waals surface area contributed by atoms with Gasteiger partial charge >= 0.3 is 23.9 Å². The minimum absolute atomic E-state index is 0.265. The Morgan fingerprint density at radius 2 is 1.25 bits per heavy atom. The molecule has 0 bridgehead atoms. The molecule has 0 aromatic rings. The largest absolute Gasteiger partial charge is 0.463 e. The lowest BCUT2D eigenvalue weighted by Gasteiger charge is -2.32. The van der Waals surface area contributed by atoms with E-state index in [0.717, 1.165) is 13.8 Å². The second kappa shape index (κ2) is 10.6. The molecule has 0 N–H and O–H groups in total. The molecule has 0 aliphatic rings.